The van der Waals surface area contributed by atoms with Gasteiger partial charge in [-0.25, -0.2) is 5.43 Å². The summed E-state index contributed by atoms with van der Waals surface area (Å²) in [6, 6.07) is 9.13. The highest BCUT2D eigenvalue weighted by atomic mass is 79.9. The van der Waals surface area contributed by atoms with Gasteiger partial charge in [-0.1, -0.05) is 15.9 Å². The average molecular weight is 432 g/mol. The Bertz CT molecular complexity index is 1120. The number of pyridine rings is 1. The van der Waals surface area contributed by atoms with E-state index in [9.17, 15) is 19.8 Å². The fourth-order valence-electron chi connectivity index (χ4n) is 2.49. The number of nitrogens with zero attached hydrogens (tertiary/aromatic N) is 1. The first-order valence-corrected chi connectivity index (χ1v) is 8.45. The van der Waals surface area contributed by atoms with Crippen molar-refractivity contribution in [3.05, 3.63) is 62.4 Å². The van der Waals surface area contributed by atoms with Gasteiger partial charge in [-0.3, -0.25) is 14.6 Å². The molecule has 0 spiro atoms. The normalized spacial score (nSPS) is 11.0. The maximum atomic E-state index is 12.1. The SMILES string of the molecule is COc1ccc(C(=O)N/N=C\c2c(O)[nH]c(=O)c3ccc(Br)cc23)cc1O. The molecule has 8 nitrogen and oxygen atoms in total. The van der Waals surface area contributed by atoms with Crippen LogP contribution in [-0.4, -0.2) is 34.4 Å². The molecule has 27 heavy (non-hydrogen) atoms. The standard InChI is InChI=1S/C18H14BrN3O5/c1-27-15-5-2-9(6-14(15)23)16(24)22-20-8-13-12-7-10(19)3-4-11(12)17(25)21-18(13)26/h2-8,23H,1H3,(H,22,24)(H2,21,25,26)/b20-8-. The Hall–Kier alpha value is -3.33. The van der Waals surface area contributed by atoms with Gasteiger partial charge in [0.05, 0.1) is 18.9 Å². The monoisotopic (exact) mass is 431 g/mol. The van der Waals surface area contributed by atoms with E-state index >= 15 is 0 Å². The second-order valence-corrected chi connectivity index (χ2v) is 6.41. The van der Waals surface area contributed by atoms with E-state index in [-0.39, 0.29) is 28.5 Å². The Kier molecular flexibility index (Phi) is 5.13. The van der Waals surface area contributed by atoms with E-state index in [1.807, 2.05) is 0 Å². The van der Waals surface area contributed by atoms with Gasteiger partial charge in [0.15, 0.2) is 11.5 Å². The van der Waals surface area contributed by atoms with Crippen LogP contribution in [0.4, 0.5) is 0 Å². The molecule has 1 aromatic heterocycles. The smallest absolute Gasteiger partial charge is 0.271 e. The van der Waals surface area contributed by atoms with E-state index in [1.165, 1.54) is 31.5 Å². The van der Waals surface area contributed by atoms with Crippen molar-refractivity contribution >= 4 is 38.8 Å². The van der Waals surface area contributed by atoms with Gasteiger partial charge in [0.25, 0.3) is 11.5 Å². The molecule has 0 aliphatic carbocycles. The number of nitrogens with one attached hydrogen (secondary N) is 2. The fourth-order valence-corrected chi connectivity index (χ4v) is 2.85. The predicted molar refractivity (Wildman–Crippen MR) is 104 cm³/mol. The van der Waals surface area contributed by atoms with Crippen LogP contribution in [0, 0.1) is 0 Å². The molecule has 3 aromatic rings. The molecule has 0 bridgehead atoms. The highest BCUT2D eigenvalue weighted by Crippen LogP contribution is 2.26. The summed E-state index contributed by atoms with van der Waals surface area (Å²) in [5.74, 6) is -0.877. The molecule has 0 radical (unpaired) electrons. The van der Waals surface area contributed by atoms with Crippen molar-refractivity contribution in [2.45, 2.75) is 0 Å². The highest BCUT2D eigenvalue weighted by molar-refractivity contribution is 9.10. The molecule has 4 N–H and O–H groups in total. The zero-order valence-electron chi connectivity index (χ0n) is 14.0. The van der Waals surface area contributed by atoms with Crippen molar-refractivity contribution < 1.29 is 19.7 Å². The summed E-state index contributed by atoms with van der Waals surface area (Å²) in [7, 11) is 1.40. The molecular weight excluding hydrogens is 418 g/mol. The summed E-state index contributed by atoms with van der Waals surface area (Å²) in [5, 5.41) is 24.4. The lowest BCUT2D eigenvalue weighted by Crippen LogP contribution is -2.17. The quantitative estimate of drug-likeness (QED) is 0.373. The minimum Gasteiger partial charge on any atom is -0.504 e. The Labute approximate surface area is 161 Å². The number of benzene rings is 2. The zero-order chi connectivity index (χ0) is 19.6. The minimum absolute atomic E-state index is 0.170. The number of fused-ring (bicyclic) bond motifs is 1. The minimum atomic E-state index is -0.571. The van der Waals surface area contributed by atoms with Crippen LogP contribution in [0.15, 0.2) is 50.8 Å². The van der Waals surface area contributed by atoms with Crippen molar-refractivity contribution in [1.29, 1.82) is 0 Å². The molecule has 3 rings (SSSR count). The van der Waals surface area contributed by atoms with Gasteiger partial charge in [0.1, 0.15) is 0 Å². The molecule has 0 saturated carbocycles. The summed E-state index contributed by atoms with van der Waals surface area (Å²) in [6.07, 6.45) is 1.22. The lowest BCUT2D eigenvalue weighted by molar-refractivity contribution is 0.0954. The van der Waals surface area contributed by atoms with Crippen molar-refractivity contribution in [3.8, 4) is 17.4 Å². The van der Waals surface area contributed by atoms with Gasteiger partial charge in [-0.15, -0.1) is 0 Å². The van der Waals surface area contributed by atoms with Crippen LogP contribution in [0.2, 0.25) is 0 Å². The van der Waals surface area contributed by atoms with Gasteiger partial charge in [0, 0.05) is 20.8 Å². The summed E-state index contributed by atoms with van der Waals surface area (Å²) in [5.41, 5.74) is 2.27. The van der Waals surface area contributed by atoms with Crippen molar-refractivity contribution in [2.75, 3.05) is 7.11 Å². The number of amides is 1. The van der Waals surface area contributed by atoms with Crippen LogP contribution >= 0.6 is 15.9 Å². The number of H-pyrrole nitrogens is 1. The molecule has 0 saturated heterocycles. The van der Waals surface area contributed by atoms with Gasteiger partial charge in [-0.05, 0) is 36.4 Å². The number of aromatic amines is 1. The predicted octanol–water partition coefficient (Wildman–Crippen LogP) is 2.47. The second-order valence-electron chi connectivity index (χ2n) is 5.49. The molecule has 2 aromatic carbocycles. The molecule has 9 heteroatoms. The first kappa shape index (κ1) is 18.5. The molecular formula is C18H14BrN3O5. The second kappa shape index (κ2) is 7.50. The molecule has 1 heterocycles. The Morgan fingerprint density at radius 3 is 2.70 bits per heavy atom. The topological polar surface area (TPSA) is 124 Å². The number of aromatic nitrogens is 1. The van der Waals surface area contributed by atoms with Crippen LogP contribution in [0.25, 0.3) is 10.8 Å². The number of carbonyl (C=O) groups is 1. The van der Waals surface area contributed by atoms with E-state index in [0.29, 0.717) is 15.2 Å². The summed E-state index contributed by atoms with van der Waals surface area (Å²) >= 11 is 3.31. The third-order valence-electron chi connectivity index (χ3n) is 3.80. The average Bonchev–Trinajstić information content (AvgIpc) is 2.63. The molecule has 0 aliphatic heterocycles. The largest absolute Gasteiger partial charge is 0.504 e. The third kappa shape index (κ3) is 3.77. The number of aromatic hydroxyl groups is 2. The Balaban J connectivity index is 1.88. The molecule has 138 valence electrons. The van der Waals surface area contributed by atoms with E-state index < -0.39 is 11.5 Å². The number of hydrogen-bond acceptors (Lipinski definition) is 6. The number of methoxy groups -OCH3 is 1. The van der Waals surface area contributed by atoms with Gasteiger partial charge in [0.2, 0.25) is 5.88 Å². The summed E-state index contributed by atoms with van der Waals surface area (Å²) in [6.45, 7) is 0. The molecule has 0 unspecified atom stereocenters. The molecule has 1 amide bonds. The molecule has 0 fully saturated rings. The first-order chi connectivity index (χ1) is 12.9. The van der Waals surface area contributed by atoms with Crippen LogP contribution in [0.3, 0.4) is 0 Å². The van der Waals surface area contributed by atoms with E-state index in [0.717, 1.165) is 0 Å². The van der Waals surface area contributed by atoms with Crippen LogP contribution < -0.4 is 15.7 Å². The zero-order valence-corrected chi connectivity index (χ0v) is 15.6. The maximum Gasteiger partial charge on any atom is 0.271 e. The van der Waals surface area contributed by atoms with Crippen molar-refractivity contribution in [3.63, 3.8) is 0 Å². The van der Waals surface area contributed by atoms with E-state index in [1.54, 1.807) is 18.2 Å². The maximum absolute atomic E-state index is 12.1. The van der Waals surface area contributed by atoms with Gasteiger partial charge < -0.3 is 14.9 Å². The van der Waals surface area contributed by atoms with Gasteiger partial charge in [-0.2, -0.15) is 5.10 Å². The summed E-state index contributed by atoms with van der Waals surface area (Å²) in [4.78, 5) is 26.4. The third-order valence-corrected chi connectivity index (χ3v) is 4.30. The lowest BCUT2D eigenvalue weighted by Gasteiger charge is -2.06. The molecule has 0 aliphatic rings. The first-order valence-electron chi connectivity index (χ1n) is 7.65. The van der Waals surface area contributed by atoms with E-state index in [2.05, 4.69) is 31.4 Å². The lowest BCUT2D eigenvalue weighted by atomic mass is 10.1. The van der Waals surface area contributed by atoms with Crippen molar-refractivity contribution in [1.82, 2.24) is 10.4 Å². The Morgan fingerprint density at radius 1 is 1.22 bits per heavy atom. The highest BCUT2D eigenvalue weighted by Gasteiger charge is 2.11. The number of halogens is 1. The van der Waals surface area contributed by atoms with Crippen LogP contribution in [0.5, 0.6) is 17.4 Å². The van der Waals surface area contributed by atoms with Crippen LogP contribution in [-0.2, 0) is 0 Å². The summed E-state index contributed by atoms with van der Waals surface area (Å²) < 4.78 is 5.64. The number of hydrogen-bond donors (Lipinski definition) is 4. The van der Waals surface area contributed by atoms with Crippen molar-refractivity contribution in [2.24, 2.45) is 5.10 Å². The molecule has 0 atom stereocenters. The number of phenols is 1. The Morgan fingerprint density at radius 2 is 2.00 bits per heavy atom. The number of phenolic OH excluding ortho intramolecular Hbond substituents is 1. The number of carbonyl (C=O) groups excluding carboxylic acids is 1. The van der Waals surface area contributed by atoms with E-state index in [4.69, 9.17) is 4.74 Å². The number of ether oxygens (including phenoxy) is 1. The van der Waals surface area contributed by atoms with Gasteiger partial charge >= 0.3 is 0 Å². The number of rotatable bonds is 4. The fraction of sp³-hybridized carbons (Fsp3) is 0.0556. The van der Waals surface area contributed by atoms with Crippen LogP contribution in [0.1, 0.15) is 15.9 Å². The number of hydrazone groups is 1.